The van der Waals surface area contributed by atoms with Gasteiger partial charge in [0.1, 0.15) is 6.04 Å². The summed E-state index contributed by atoms with van der Waals surface area (Å²) in [5.41, 5.74) is 0. The van der Waals surface area contributed by atoms with Crippen molar-refractivity contribution in [2.45, 2.75) is 55.1 Å². The number of likely N-dealkylation sites (tertiary alicyclic amines) is 1. The van der Waals surface area contributed by atoms with E-state index in [0.29, 0.717) is 19.7 Å². The molecule has 1 N–H and O–H groups in total. The maximum absolute atomic E-state index is 13.7. The maximum Gasteiger partial charge on any atom is 0.311 e. The lowest BCUT2D eigenvalue weighted by atomic mass is 9.74. The number of unbranched alkanes of at least 4 members (excludes halogenated alkanes) is 1. The van der Waals surface area contributed by atoms with Crippen LogP contribution in [0.1, 0.15) is 39.5 Å². The van der Waals surface area contributed by atoms with Crippen LogP contribution in [0, 0.1) is 11.8 Å². The smallest absolute Gasteiger partial charge is 0.311 e. The number of cyclic esters (lactones) is 1. The van der Waals surface area contributed by atoms with E-state index in [1.165, 1.54) is 4.90 Å². The van der Waals surface area contributed by atoms with Crippen molar-refractivity contribution in [1.82, 2.24) is 9.80 Å². The Morgan fingerprint density at radius 3 is 2.71 bits per heavy atom. The highest BCUT2D eigenvalue weighted by Gasteiger charge is 2.73. The third-order valence-electron chi connectivity index (χ3n) is 6.96. The number of aliphatic hydroxyl groups excluding tert-OH is 1. The van der Waals surface area contributed by atoms with Crippen LogP contribution in [0.3, 0.4) is 0 Å². The minimum Gasteiger partial charge on any atom is -0.465 e. The Morgan fingerprint density at radius 1 is 1.16 bits per heavy atom. The molecule has 0 bridgehead atoms. The number of amides is 2. The van der Waals surface area contributed by atoms with Crippen LogP contribution < -0.4 is 0 Å². The van der Waals surface area contributed by atoms with Gasteiger partial charge in [-0.25, -0.2) is 0 Å². The van der Waals surface area contributed by atoms with Gasteiger partial charge in [0.25, 0.3) is 0 Å². The van der Waals surface area contributed by atoms with Crippen molar-refractivity contribution >= 4 is 29.5 Å². The summed E-state index contributed by atoms with van der Waals surface area (Å²) in [6.07, 6.45) is 11.5. The summed E-state index contributed by atoms with van der Waals surface area (Å²) in [6, 6.07) is -0.730. The van der Waals surface area contributed by atoms with E-state index < -0.39 is 27.4 Å². The molecule has 0 aromatic heterocycles. The molecule has 4 aliphatic heterocycles. The predicted octanol–water partition coefficient (Wildman–Crippen LogP) is 1.76. The topological polar surface area (TPSA) is 87.2 Å². The predicted molar refractivity (Wildman–Crippen MR) is 118 cm³/mol. The summed E-state index contributed by atoms with van der Waals surface area (Å²) in [5, 5.41) is 9.67. The molecule has 7 nitrogen and oxygen atoms in total. The number of rotatable bonds is 5. The number of thioether (sulfide) groups is 1. The lowest BCUT2D eigenvalue weighted by molar-refractivity contribution is -0.154. The molecule has 2 saturated heterocycles. The number of hydrogen-bond acceptors (Lipinski definition) is 6. The Hall–Kier alpha value is -1.80. The zero-order valence-electron chi connectivity index (χ0n) is 18.3. The van der Waals surface area contributed by atoms with Crippen LogP contribution in [0.4, 0.5) is 0 Å². The number of nitrogens with zero attached hydrogens (tertiary/aromatic N) is 2. The minimum atomic E-state index is -0.855. The van der Waals surface area contributed by atoms with Gasteiger partial charge in [0.05, 0.1) is 29.8 Å². The van der Waals surface area contributed by atoms with Crippen molar-refractivity contribution in [3.8, 4) is 0 Å². The van der Waals surface area contributed by atoms with E-state index in [1.807, 2.05) is 30.1 Å². The van der Waals surface area contributed by atoms with E-state index in [0.717, 1.165) is 25.7 Å². The molecule has 4 rings (SSSR count). The van der Waals surface area contributed by atoms with E-state index in [9.17, 15) is 19.5 Å². The van der Waals surface area contributed by atoms with Crippen molar-refractivity contribution < 1.29 is 24.2 Å². The van der Waals surface area contributed by atoms with Gasteiger partial charge in [0.15, 0.2) is 0 Å². The van der Waals surface area contributed by atoms with Gasteiger partial charge in [-0.05, 0) is 26.2 Å². The molecular formula is C23H32N2O5S. The molecule has 0 aliphatic carbocycles. The molecule has 0 saturated carbocycles. The van der Waals surface area contributed by atoms with Crippen LogP contribution in [-0.4, -0.2) is 81.1 Å². The highest BCUT2D eigenvalue weighted by Crippen LogP contribution is 2.65. The largest absolute Gasteiger partial charge is 0.465 e. The highest BCUT2D eigenvalue weighted by molar-refractivity contribution is 8.02. The average molecular weight is 449 g/mol. The summed E-state index contributed by atoms with van der Waals surface area (Å²) < 4.78 is 4.07. The molecule has 1 unspecified atom stereocenters. The molecule has 1 spiro atoms. The molecule has 8 heteroatoms. The van der Waals surface area contributed by atoms with E-state index in [2.05, 4.69) is 13.0 Å². The molecule has 2 amide bonds. The van der Waals surface area contributed by atoms with Crippen LogP contribution in [0.15, 0.2) is 24.3 Å². The monoisotopic (exact) mass is 448 g/mol. The Kier molecular flexibility index (Phi) is 6.23. The van der Waals surface area contributed by atoms with Gasteiger partial charge in [-0.3, -0.25) is 14.4 Å². The van der Waals surface area contributed by atoms with Gasteiger partial charge in [0, 0.05) is 24.4 Å². The fraction of sp³-hybridized carbons (Fsp3) is 0.696. The number of esters is 1. The average Bonchev–Trinajstić information content (AvgIpc) is 3.08. The van der Waals surface area contributed by atoms with E-state index in [4.69, 9.17) is 4.74 Å². The molecule has 0 radical (unpaired) electrons. The fourth-order valence-corrected chi connectivity index (χ4v) is 7.73. The van der Waals surface area contributed by atoms with E-state index in [-0.39, 0.29) is 30.9 Å². The number of hydrogen-bond donors (Lipinski definition) is 1. The highest BCUT2D eigenvalue weighted by atomic mass is 32.2. The number of allylic oxidation sites excluding steroid dienone is 1. The first-order valence-corrected chi connectivity index (χ1v) is 12.1. The summed E-state index contributed by atoms with van der Waals surface area (Å²) in [4.78, 5) is 44.0. The number of fused-ring (bicyclic) bond motifs is 2. The van der Waals surface area contributed by atoms with E-state index in [1.54, 1.807) is 11.8 Å². The first-order chi connectivity index (χ1) is 14.9. The van der Waals surface area contributed by atoms with Gasteiger partial charge >= 0.3 is 5.97 Å². The molecule has 5 atom stereocenters. The zero-order valence-corrected chi connectivity index (χ0v) is 19.1. The van der Waals surface area contributed by atoms with Gasteiger partial charge in [-0.15, -0.1) is 11.8 Å². The Morgan fingerprint density at radius 2 is 1.97 bits per heavy atom. The number of carbonyl (C=O) groups excluding carboxylic acids is 3. The minimum absolute atomic E-state index is 0.0812. The molecule has 4 aliphatic rings. The van der Waals surface area contributed by atoms with Crippen LogP contribution in [0.25, 0.3) is 0 Å². The van der Waals surface area contributed by atoms with Gasteiger partial charge in [-0.2, -0.15) is 0 Å². The summed E-state index contributed by atoms with van der Waals surface area (Å²) in [6.45, 7) is 5.37. The zero-order chi connectivity index (χ0) is 22.2. The summed E-state index contributed by atoms with van der Waals surface area (Å²) in [5.74, 6) is -2.07. The van der Waals surface area contributed by atoms with Crippen molar-refractivity contribution in [2.75, 3.05) is 32.8 Å². The standard InChI is InChI=1S/C23H32N2O5S/c1-3-4-11-24-12-8-10-23-16(19(27)25(13-14-26)18(23)20(24)28)17-21(29)30-15-7-5-6-9-22(17,2)31-23/h6,8-10,16-18,26H,3-5,7,11-15H2,1-2H3/b9-6-/t16-,17+,18?,22-,23-/m0/s1. The van der Waals surface area contributed by atoms with Crippen molar-refractivity contribution in [1.29, 1.82) is 0 Å². The van der Waals surface area contributed by atoms with Crippen molar-refractivity contribution in [3.63, 3.8) is 0 Å². The number of aliphatic hydroxyl groups is 1. The number of ether oxygens (including phenoxy) is 1. The lowest BCUT2D eigenvalue weighted by Crippen LogP contribution is -2.54. The van der Waals surface area contributed by atoms with Gasteiger partial charge in [-0.1, -0.05) is 37.6 Å². The molecule has 0 aromatic rings. The molecule has 4 heterocycles. The summed E-state index contributed by atoms with van der Waals surface area (Å²) in [7, 11) is 0. The van der Waals surface area contributed by atoms with Crippen LogP contribution >= 0.6 is 11.8 Å². The Labute approximate surface area is 187 Å². The molecule has 170 valence electrons. The van der Waals surface area contributed by atoms with Crippen LogP contribution in [0.2, 0.25) is 0 Å². The number of β-amino-alcohol motifs (C(OH)–C–C–N with tert-alkyl or cyclic N) is 1. The third kappa shape index (κ3) is 3.52. The van der Waals surface area contributed by atoms with Crippen molar-refractivity contribution in [3.05, 3.63) is 24.3 Å². The lowest BCUT2D eigenvalue weighted by Gasteiger charge is -2.36. The first kappa shape index (κ1) is 22.4. The quantitative estimate of drug-likeness (QED) is 0.509. The number of carbonyl (C=O) groups is 3. The van der Waals surface area contributed by atoms with Gasteiger partial charge < -0.3 is 19.6 Å². The SMILES string of the molecule is CCCCN1CC=C[C@]23S[C@@]4(C)/C=C\CCCOC(=O)[C@H]4[C@H]2C(=O)N(CCO)C3C1=O. The van der Waals surface area contributed by atoms with Crippen LogP contribution in [0.5, 0.6) is 0 Å². The van der Waals surface area contributed by atoms with Crippen LogP contribution in [-0.2, 0) is 19.1 Å². The Bertz CT molecular complexity index is 814. The molecular weight excluding hydrogens is 416 g/mol. The van der Waals surface area contributed by atoms with Gasteiger partial charge in [0.2, 0.25) is 11.8 Å². The maximum atomic E-state index is 13.7. The van der Waals surface area contributed by atoms with E-state index >= 15 is 0 Å². The molecule has 0 aromatic carbocycles. The normalized spacial score (nSPS) is 38.5. The second-order valence-electron chi connectivity index (χ2n) is 9.00. The summed E-state index contributed by atoms with van der Waals surface area (Å²) >= 11 is 1.54. The Balaban J connectivity index is 1.82. The first-order valence-electron chi connectivity index (χ1n) is 11.3. The molecule has 2 fully saturated rings. The third-order valence-corrected chi connectivity index (χ3v) is 8.75. The second kappa shape index (κ2) is 8.62. The molecule has 31 heavy (non-hydrogen) atoms. The fourth-order valence-electron chi connectivity index (χ4n) is 5.58. The second-order valence-corrected chi connectivity index (χ2v) is 10.8. The van der Waals surface area contributed by atoms with Crippen molar-refractivity contribution in [2.24, 2.45) is 11.8 Å².